The largest absolute Gasteiger partial charge is 0.396 e. The van der Waals surface area contributed by atoms with E-state index < -0.39 is 0 Å². The van der Waals surface area contributed by atoms with Gasteiger partial charge in [-0.15, -0.1) is 0 Å². The minimum Gasteiger partial charge on any atom is -0.396 e. The Morgan fingerprint density at radius 3 is 2.77 bits per heavy atom. The molecular weight excluding hydrogens is 184 g/mol. The molecule has 0 heterocycles. The number of aliphatic hydroxyl groups excluding tert-OH is 1. The van der Waals surface area contributed by atoms with Gasteiger partial charge in [0.25, 0.3) is 0 Å². The van der Waals surface area contributed by atoms with Crippen molar-refractivity contribution in [3.05, 3.63) is 34.9 Å². The molecule has 1 aliphatic carbocycles. The first-order valence-corrected chi connectivity index (χ1v) is 5.05. The monoisotopic (exact) mass is 196 g/mol. The molecule has 0 amide bonds. The van der Waals surface area contributed by atoms with Gasteiger partial charge in [-0.05, 0) is 36.5 Å². The van der Waals surface area contributed by atoms with Crippen molar-refractivity contribution in [2.75, 3.05) is 6.61 Å². The predicted octanol–water partition coefficient (Wildman–Crippen LogP) is 2.83. The van der Waals surface area contributed by atoms with Crippen LogP contribution >= 0.6 is 11.6 Å². The van der Waals surface area contributed by atoms with Crippen LogP contribution in [0.2, 0.25) is 5.02 Å². The number of rotatable bonds is 3. The van der Waals surface area contributed by atoms with Crippen molar-refractivity contribution in [1.29, 1.82) is 0 Å². The SMILES string of the molecule is OCC(c1cccc(Cl)c1)C1CC1. The van der Waals surface area contributed by atoms with Crippen molar-refractivity contribution in [3.63, 3.8) is 0 Å². The van der Waals surface area contributed by atoms with Crippen molar-refractivity contribution >= 4 is 11.6 Å². The fourth-order valence-corrected chi connectivity index (χ4v) is 1.96. The summed E-state index contributed by atoms with van der Waals surface area (Å²) >= 11 is 5.89. The van der Waals surface area contributed by atoms with Gasteiger partial charge >= 0.3 is 0 Å². The van der Waals surface area contributed by atoms with Crippen LogP contribution in [-0.2, 0) is 0 Å². The second-order valence-electron chi connectivity index (χ2n) is 3.68. The average Bonchev–Trinajstić information content (AvgIpc) is 2.90. The Kier molecular flexibility index (Phi) is 2.56. The van der Waals surface area contributed by atoms with E-state index in [0.717, 1.165) is 5.02 Å². The Balaban J connectivity index is 2.21. The van der Waals surface area contributed by atoms with E-state index in [9.17, 15) is 5.11 Å². The van der Waals surface area contributed by atoms with Crippen LogP contribution in [0.4, 0.5) is 0 Å². The third-order valence-corrected chi connectivity index (χ3v) is 2.90. The average molecular weight is 197 g/mol. The first-order valence-electron chi connectivity index (χ1n) is 4.67. The lowest BCUT2D eigenvalue weighted by molar-refractivity contribution is 0.253. The summed E-state index contributed by atoms with van der Waals surface area (Å²) in [5, 5.41) is 10.00. The van der Waals surface area contributed by atoms with Crippen LogP contribution in [-0.4, -0.2) is 11.7 Å². The molecule has 13 heavy (non-hydrogen) atoms. The van der Waals surface area contributed by atoms with Gasteiger partial charge in [0.2, 0.25) is 0 Å². The Labute approximate surface area is 83.3 Å². The number of benzene rings is 1. The van der Waals surface area contributed by atoms with Crippen LogP contribution in [0.15, 0.2) is 24.3 Å². The highest BCUT2D eigenvalue weighted by Gasteiger charge is 2.31. The second-order valence-corrected chi connectivity index (χ2v) is 4.12. The highest BCUT2D eigenvalue weighted by molar-refractivity contribution is 6.30. The van der Waals surface area contributed by atoms with Gasteiger partial charge in [0.1, 0.15) is 0 Å². The van der Waals surface area contributed by atoms with Gasteiger partial charge in [0.15, 0.2) is 0 Å². The zero-order chi connectivity index (χ0) is 9.26. The zero-order valence-corrected chi connectivity index (χ0v) is 8.17. The number of halogens is 1. The highest BCUT2D eigenvalue weighted by atomic mass is 35.5. The lowest BCUT2D eigenvalue weighted by Gasteiger charge is -2.13. The zero-order valence-electron chi connectivity index (χ0n) is 7.41. The van der Waals surface area contributed by atoms with Gasteiger partial charge in [-0.25, -0.2) is 0 Å². The quantitative estimate of drug-likeness (QED) is 0.789. The summed E-state index contributed by atoms with van der Waals surface area (Å²) in [5.41, 5.74) is 1.18. The molecule has 1 nitrogen and oxygen atoms in total. The van der Waals surface area contributed by atoms with E-state index in [2.05, 4.69) is 0 Å². The molecule has 0 aromatic heterocycles. The number of aliphatic hydroxyl groups is 1. The van der Waals surface area contributed by atoms with Crippen molar-refractivity contribution in [2.45, 2.75) is 18.8 Å². The molecule has 70 valence electrons. The molecule has 0 aliphatic heterocycles. The molecule has 0 saturated heterocycles. The maximum Gasteiger partial charge on any atom is 0.0502 e. The second kappa shape index (κ2) is 3.69. The summed E-state index contributed by atoms with van der Waals surface area (Å²) in [4.78, 5) is 0. The normalized spacial score (nSPS) is 18.6. The maximum absolute atomic E-state index is 9.24. The molecule has 1 fully saturated rings. The van der Waals surface area contributed by atoms with Crippen LogP contribution < -0.4 is 0 Å². The van der Waals surface area contributed by atoms with Gasteiger partial charge in [-0.1, -0.05) is 23.7 Å². The predicted molar refractivity (Wildman–Crippen MR) is 54.0 cm³/mol. The van der Waals surface area contributed by atoms with Crippen molar-refractivity contribution in [3.8, 4) is 0 Å². The van der Waals surface area contributed by atoms with E-state index >= 15 is 0 Å². The van der Waals surface area contributed by atoms with Gasteiger partial charge in [0, 0.05) is 10.9 Å². The smallest absolute Gasteiger partial charge is 0.0502 e. The van der Waals surface area contributed by atoms with Gasteiger partial charge < -0.3 is 5.11 Å². The molecule has 1 aromatic rings. The van der Waals surface area contributed by atoms with Crippen LogP contribution in [0.1, 0.15) is 24.3 Å². The standard InChI is InChI=1S/C11H13ClO/c12-10-3-1-2-9(6-10)11(7-13)8-4-5-8/h1-3,6,8,11,13H,4-5,7H2. The Hall–Kier alpha value is -0.530. The summed E-state index contributed by atoms with van der Waals surface area (Å²) in [7, 11) is 0. The first kappa shape index (κ1) is 9.04. The van der Waals surface area contributed by atoms with Crippen molar-refractivity contribution in [2.24, 2.45) is 5.92 Å². The first-order chi connectivity index (χ1) is 6.31. The van der Waals surface area contributed by atoms with E-state index in [4.69, 9.17) is 11.6 Å². The Bertz CT molecular complexity index is 294. The third-order valence-electron chi connectivity index (χ3n) is 2.66. The molecule has 1 aromatic carbocycles. The number of hydrogen-bond donors (Lipinski definition) is 1. The molecule has 1 aliphatic rings. The van der Waals surface area contributed by atoms with Crippen molar-refractivity contribution < 1.29 is 5.11 Å². The molecular formula is C11H13ClO. The van der Waals surface area contributed by atoms with E-state index in [-0.39, 0.29) is 6.61 Å². The van der Waals surface area contributed by atoms with Crippen LogP contribution in [0.25, 0.3) is 0 Å². The molecule has 1 saturated carbocycles. The third kappa shape index (κ3) is 2.04. The summed E-state index contributed by atoms with van der Waals surface area (Å²) in [6.45, 7) is 0.241. The molecule has 1 atom stereocenters. The van der Waals surface area contributed by atoms with Crippen LogP contribution in [0.3, 0.4) is 0 Å². The summed E-state index contributed by atoms with van der Waals surface area (Å²) in [6.07, 6.45) is 2.50. The molecule has 2 heteroatoms. The molecule has 2 rings (SSSR count). The fraction of sp³-hybridized carbons (Fsp3) is 0.455. The molecule has 0 bridgehead atoms. The van der Waals surface area contributed by atoms with E-state index in [1.165, 1.54) is 18.4 Å². The van der Waals surface area contributed by atoms with Crippen LogP contribution in [0.5, 0.6) is 0 Å². The Morgan fingerprint density at radius 2 is 2.23 bits per heavy atom. The topological polar surface area (TPSA) is 20.2 Å². The number of hydrogen-bond acceptors (Lipinski definition) is 1. The molecule has 1 N–H and O–H groups in total. The lowest BCUT2D eigenvalue weighted by atomic mass is 9.95. The minimum absolute atomic E-state index is 0.241. The molecule has 0 spiro atoms. The van der Waals surface area contributed by atoms with Crippen molar-refractivity contribution in [1.82, 2.24) is 0 Å². The fourth-order valence-electron chi connectivity index (χ4n) is 1.76. The summed E-state index contributed by atoms with van der Waals surface area (Å²) < 4.78 is 0. The van der Waals surface area contributed by atoms with E-state index in [0.29, 0.717) is 11.8 Å². The van der Waals surface area contributed by atoms with Gasteiger partial charge in [0.05, 0.1) is 6.61 Å². The minimum atomic E-state index is 0.241. The van der Waals surface area contributed by atoms with Gasteiger partial charge in [-0.3, -0.25) is 0 Å². The van der Waals surface area contributed by atoms with Gasteiger partial charge in [-0.2, -0.15) is 0 Å². The van der Waals surface area contributed by atoms with E-state index in [1.54, 1.807) is 0 Å². The van der Waals surface area contributed by atoms with E-state index in [1.807, 2.05) is 24.3 Å². The lowest BCUT2D eigenvalue weighted by Crippen LogP contribution is -2.05. The highest BCUT2D eigenvalue weighted by Crippen LogP contribution is 2.42. The maximum atomic E-state index is 9.24. The molecule has 0 radical (unpaired) electrons. The Morgan fingerprint density at radius 1 is 1.46 bits per heavy atom. The molecule has 1 unspecified atom stereocenters. The summed E-state index contributed by atoms with van der Waals surface area (Å²) in [6, 6.07) is 7.82. The van der Waals surface area contributed by atoms with Crippen LogP contribution in [0, 0.1) is 5.92 Å². The summed E-state index contributed by atoms with van der Waals surface area (Å²) in [5.74, 6) is 0.988.